The Morgan fingerprint density at radius 3 is 1.48 bits per heavy atom. The van der Waals surface area contributed by atoms with E-state index in [1.165, 1.54) is 28.0 Å². The third kappa shape index (κ3) is 4.44. The maximum absolute atomic E-state index is 14.0. The molecule has 5 heteroatoms. The lowest BCUT2D eigenvalue weighted by molar-refractivity contribution is 0.561. The van der Waals surface area contributed by atoms with Crippen LogP contribution in [0, 0.1) is 5.92 Å². The molecule has 0 N–H and O–H groups in total. The zero-order valence-corrected chi connectivity index (χ0v) is 28.9. The van der Waals surface area contributed by atoms with Crippen LogP contribution >= 0.6 is 0 Å². The quantitative estimate of drug-likeness (QED) is 0.194. The molecule has 3 aliphatic rings. The largest absolute Gasteiger partial charge is 0.313 e. The van der Waals surface area contributed by atoms with Crippen molar-refractivity contribution in [2.75, 3.05) is 9.80 Å². The van der Waals surface area contributed by atoms with Gasteiger partial charge in [0.2, 0.25) is 9.84 Å². The van der Waals surface area contributed by atoms with Gasteiger partial charge in [-0.15, -0.1) is 0 Å². The maximum atomic E-state index is 14.0. The second-order valence-electron chi connectivity index (χ2n) is 14.3. The molecule has 0 bridgehead atoms. The SMILES string of the molecule is CC1CC=CC2=C1N(c1ccc(S(=O)(=O)c3ccc(N4c5ccccc5C(C)(C)c5ccccc54)cc3)cc1)c1ccccc1C2(C)C. The first kappa shape index (κ1) is 30.5. The monoisotopic (exact) mass is 648 g/mol. The van der Waals surface area contributed by atoms with Crippen LogP contribution in [0.15, 0.2) is 155 Å². The molecule has 48 heavy (non-hydrogen) atoms. The zero-order valence-electron chi connectivity index (χ0n) is 28.1. The Balaban J connectivity index is 1.15. The van der Waals surface area contributed by atoms with Gasteiger partial charge in [-0.25, -0.2) is 8.42 Å². The molecule has 0 fully saturated rings. The van der Waals surface area contributed by atoms with Crippen molar-refractivity contribution in [1.29, 1.82) is 0 Å². The van der Waals surface area contributed by atoms with Crippen LogP contribution in [0.25, 0.3) is 0 Å². The van der Waals surface area contributed by atoms with Crippen LogP contribution < -0.4 is 9.80 Å². The van der Waals surface area contributed by atoms with Gasteiger partial charge in [0, 0.05) is 39.5 Å². The first-order valence-electron chi connectivity index (χ1n) is 16.8. The fraction of sp³-hybridized carbons (Fsp3) is 0.209. The van der Waals surface area contributed by atoms with E-state index in [0.717, 1.165) is 34.9 Å². The summed E-state index contributed by atoms with van der Waals surface area (Å²) in [6, 6.07) is 40.3. The van der Waals surface area contributed by atoms with E-state index in [-0.39, 0.29) is 20.6 Å². The Bertz CT molecular complexity index is 2190. The molecule has 0 radical (unpaired) electrons. The van der Waals surface area contributed by atoms with Gasteiger partial charge in [0.25, 0.3) is 0 Å². The van der Waals surface area contributed by atoms with Gasteiger partial charge in [0.05, 0.1) is 21.2 Å². The van der Waals surface area contributed by atoms with Crippen molar-refractivity contribution in [3.8, 4) is 0 Å². The summed E-state index contributed by atoms with van der Waals surface area (Å²) < 4.78 is 28.0. The van der Waals surface area contributed by atoms with Gasteiger partial charge in [0.15, 0.2) is 0 Å². The van der Waals surface area contributed by atoms with E-state index in [1.54, 1.807) is 24.3 Å². The molecule has 0 aromatic heterocycles. The summed E-state index contributed by atoms with van der Waals surface area (Å²) in [5.41, 5.74) is 11.3. The maximum Gasteiger partial charge on any atom is 0.206 e. The molecule has 5 aromatic carbocycles. The Hall–Kier alpha value is -4.87. The number of sulfone groups is 1. The molecule has 0 saturated carbocycles. The number of anilines is 5. The lowest BCUT2D eigenvalue weighted by Gasteiger charge is -2.46. The third-order valence-corrected chi connectivity index (χ3v) is 12.5. The molecule has 0 saturated heterocycles. The zero-order chi connectivity index (χ0) is 33.4. The summed E-state index contributed by atoms with van der Waals surface area (Å²) >= 11 is 0. The first-order chi connectivity index (χ1) is 23.0. The van der Waals surface area contributed by atoms with Crippen LogP contribution in [0.4, 0.5) is 28.4 Å². The topological polar surface area (TPSA) is 40.6 Å². The predicted molar refractivity (Wildman–Crippen MR) is 197 cm³/mol. The molecule has 1 unspecified atom stereocenters. The smallest absolute Gasteiger partial charge is 0.206 e. The fourth-order valence-electron chi connectivity index (χ4n) is 8.10. The summed E-state index contributed by atoms with van der Waals surface area (Å²) in [6.07, 6.45) is 5.53. The van der Waals surface area contributed by atoms with Gasteiger partial charge >= 0.3 is 0 Å². The minimum Gasteiger partial charge on any atom is -0.313 e. The van der Waals surface area contributed by atoms with Crippen molar-refractivity contribution in [2.24, 2.45) is 5.92 Å². The average Bonchev–Trinajstić information content (AvgIpc) is 3.09. The van der Waals surface area contributed by atoms with Crippen molar-refractivity contribution in [3.05, 3.63) is 161 Å². The molecular weight excluding hydrogens is 609 g/mol. The Kier molecular flexibility index (Phi) is 6.87. The number of rotatable bonds is 4. The number of nitrogens with zero attached hydrogens (tertiary/aromatic N) is 2. The standard InChI is InChI=1S/C43H40N2O2S/c1-29-13-12-17-37-41(29)45(40-20-11-8-16-36(40)43(37,4)5)31-23-27-33(28-24-31)48(46,47)32-25-21-30(22-26-32)44-38-18-9-6-14-34(38)42(2,3)35-15-7-10-19-39(35)44/h6-12,14-29H,13H2,1-5H3. The van der Waals surface area contributed by atoms with Crippen LogP contribution in [0.3, 0.4) is 0 Å². The van der Waals surface area contributed by atoms with Crippen LogP contribution in [-0.4, -0.2) is 8.42 Å². The van der Waals surface area contributed by atoms with E-state index < -0.39 is 9.84 Å². The Morgan fingerprint density at radius 1 is 0.562 bits per heavy atom. The number of hydrogen-bond acceptors (Lipinski definition) is 4. The second-order valence-corrected chi connectivity index (χ2v) is 16.3. The molecular formula is C43H40N2O2S. The molecule has 240 valence electrons. The average molecular weight is 649 g/mol. The minimum absolute atomic E-state index is 0.127. The van der Waals surface area contributed by atoms with E-state index >= 15 is 0 Å². The van der Waals surface area contributed by atoms with Crippen LogP contribution in [-0.2, 0) is 20.7 Å². The molecule has 1 aliphatic carbocycles. The van der Waals surface area contributed by atoms with Crippen molar-refractivity contribution in [3.63, 3.8) is 0 Å². The van der Waals surface area contributed by atoms with E-state index in [9.17, 15) is 8.42 Å². The van der Waals surface area contributed by atoms with Crippen LogP contribution in [0.5, 0.6) is 0 Å². The van der Waals surface area contributed by atoms with Crippen LogP contribution in [0.2, 0.25) is 0 Å². The normalized spacial score (nSPS) is 18.9. The van der Waals surface area contributed by atoms with Crippen molar-refractivity contribution in [2.45, 2.75) is 61.7 Å². The molecule has 2 heterocycles. The molecule has 8 rings (SSSR count). The summed E-state index contributed by atoms with van der Waals surface area (Å²) in [5, 5.41) is 0. The van der Waals surface area contributed by atoms with Gasteiger partial charge in [-0.1, -0.05) is 101 Å². The first-order valence-corrected chi connectivity index (χ1v) is 18.2. The Morgan fingerprint density at radius 2 is 0.979 bits per heavy atom. The second kappa shape index (κ2) is 10.8. The highest BCUT2D eigenvalue weighted by atomic mass is 32.2. The van der Waals surface area contributed by atoms with E-state index in [2.05, 4.69) is 129 Å². The number of benzene rings is 5. The number of allylic oxidation sites excluding steroid dienone is 4. The molecule has 5 aromatic rings. The van der Waals surface area contributed by atoms with E-state index in [0.29, 0.717) is 5.92 Å². The minimum atomic E-state index is -3.75. The fourth-order valence-corrected chi connectivity index (χ4v) is 9.37. The summed E-state index contributed by atoms with van der Waals surface area (Å²) in [4.78, 5) is 5.14. The van der Waals surface area contributed by atoms with Gasteiger partial charge in [-0.3, -0.25) is 0 Å². The summed E-state index contributed by atoms with van der Waals surface area (Å²) in [7, 11) is -3.75. The lowest BCUT2D eigenvalue weighted by Crippen LogP contribution is -2.37. The number of hydrogen-bond donors (Lipinski definition) is 0. The van der Waals surface area contributed by atoms with Crippen LogP contribution in [0.1, 0.15) is 57.7 Å². The van der Waals surface area contributed by atoms with Crippen molar-refractivity contribution in [1.82, 2.24) is 0 Å². The highest BCUT2D eigenvalue weighted by molar-refractivity contribution is 7.91. The van der Waals surface area contributed by atoms with Gasteiger partial charge in [-0.2, -0.15) is 0 Å². The summed E-state index contributed by atoms with van der Waals surface area (Å²) in [6.45, 7) is 11.4. The molecule has 0 spiro atoms. The van der Waals surface area contributed by atoms with Gasteiger partial charge < -0.3 is 9.80 Å². The molecule has 4 nitrogen and oxygen atoms in total. The predicted octanol–water partition coefficient (Wildman–Crippen LogP) is 10.9. The number of para-hydroxylation sites is 3. The van der Waals surface area contributed by atoms with Gasteiger partial charge in [0.1, 0.15) is 0 Å². The lowest BCUT2D eigenvalue weighted by atomic mass is 9.69. The number of fused-ring (bicyclic) bond motifs is 3. The third-order valence-electron chi connectivity index (χ3n) is 10.7. The molecule has 2 aliphatic heterocycles. The highest BCUT2D eigenvalue weighted by Gasteiger charge is 2.40. The van der Waals surface area contributed by atoms with Crippen molar-refractivity contribution < 1.29 is 8.42 Å². The van der Waals surface area contributed by atoms with Gasteiger partial charge in [-0.05, 0) is 95.4 Å². The van der Waals surface area contributed by atoms with E-state index in [1.807, 2.05) is 24.3 Å². The van der Waals surface area contributed by atoms with E-state index in [4.69, 9.17) is 0 Å². The highest BCUT2D eigenvalue weighted by Crippen LogP contribution is 2.53. The summed E-state index contributed by atoms with van der Waals surface area (Å²) in [5.74, 6) is 0.337. The van der Waals surface area contributed by atoms with Crippen molar-refractivity contribution >= 4 is 38.3 Å². The molecule has 0 amide bonds. The molecule has 1 atom stereocenters. The Labute approximate surface area is 284 Å².